The summed E-state index contributed by atoms with van der Waals surface area (Å²) in [7, 11) is 0. The van der Waals surface area contributed by atoms with Gasteiger partial charge in [-0.3, -0.25) is 0 Å². The van der Waals surface area contributed by atoms with Gasteiger partial charge in [-0.2, -0.15) is 4.98 Å². The Morgan fingerprint density at radius 3 is 2.89 bits per heavy atom. The zero-order valence-electron chi connectivity index (χ0n) is 11.2. The van der Waals surface area contributed by atoms with Gasteiger partial charge in [0, 0.05) is 25.4 Å². The highest BCUT2D eigenvalue weighted by atomic mass is 16.5. The predicted octanol–water partition coefficient (Wildman–Crippen LogP) is 2.29. The molecule has 5 nitrogen and oxygen atoms in total. The van der Waals surface area contributed by atoms with Crippen LogP contribution in [0.1, 0.15) is 43.6 Å². The van der Waals surface area contributed by atoms with Crippen molar-refractivity contribution in [1.29, 1.82) is 0 Å². The normalized spacial score (nSPS) is 12.8. The Labute approximate surface area is 107 Å². The summed E-state index contributed by atoms with van der Waals surface area (Å²) < 4.78 is 7.05. The van der Waals surface area contributed by atoms with Gasteiger partial charge in [-0.05, 0) is 24.6 Å². The van der Waals surface area contributed by atoms with Crippen LogP contribution >= 0.6 is 0 Å². The predicted molar refractivity (Wildman–Crippen MR) is 69.3 cm³/mol. The van der Waals surface area contributed by atoms with Crippen LogP contribution in [0.25, 0.3) is 0 Å². The molecule has 0 aromatic carbocycles. The fraction of sp³-hybridized carbons (Fsp3) is 0.538. The van der Waals surface area contributed by atoms with Crippen LogP contribution in [0.3, 0.4) is 0 Å². The van der Waals surface area contributed by atoms with E-state index in [1.165, 1.54) is 5.56 Å². The smallest absolute Gasteiger partial charge is 0.223 e. The standard InChI is InChI=1S/C13H20N4O/c1-4-12(14-5-2)11-6-7-17(8-11)9-13-15-10(3)18-16-13/h6-8,12,14H,4-5,9H2,1-3H3. The van der Waals surface area contributed by atoms with Crippen LogP contribution in [-0.4, -0.2) is 21.3 Å². The average Bonchev–Trinajstić information content (AvgIpc) is 2.96. The minimum atomic E-state index is 0.420. The number of hydrogen-bond donors (Lipinski definition) is 1. The first kappa shape index (κ1) is 12.8. The highest BCUT2D eigenvalue weighted by Gasteiger charge is 2.10. The molecule has 0 amide bonds. The van der Waals surface area contributed by atoms with Crippen molar-refractivity contribution in [2.24, 2.45) is 0 Å². The van der Waals surface area contributed by atoms with Crippen LogP contribution in [0.2, 0.25) is 0 Å². The van der Waals surface area contributed by atoms with Gasteiger partial charge in [-0.15, -0.1) is 0 Å². The van der Waals surface area contributed by atoms with E-state index in [9.17, 15) is 0 Å². The lowest BCUT2D eigenvalue weighted by molar-refractivity contribution is 0.386. The molecule has 0 bridgehead atoms. The van der Waals surface area contributed by atoms with E-state index >= 15 is 0 Å². The van der Waals surface area contributed by atoms with Gasteiger partial charge in [0.05, 0.1) is 6.54 Å². The molecule has 1 N–H and O–H groups in total. The molecule has 2 heterocycles. The molecule has 0 aliphatic rings. The van der Waals surface area contributed by atoms with E-state index < -0.39 is 0 Å². The van der Waals surface area contributed by atoms with Gasteiger partial charge in [-0.25, -0.2) is 0 Å². The third-order valence-corrected chi connectivity index (χ3v) is 2.93. The third-order valence-electron chi connectivity index (χ3n) is 2.93. The van der Waals surface area contributed by atoms with Crippen molar-refractivity contribution in [3.05, 3.63) is 35.7 Å². The first-order valence-corrected chi connectivity index (χ1v) is 6.41. The van der Waals surface area contributed by atoms with E-state index in [1.807, 2.05) is 0 Å². The maximum absolute atomic E-state index is 4.96. The third kappa shape index (κ3) is 2.98. The van der Waals surface area contributed by atoms with E-state index in [2.05, 4.69) is 52.3 Å². The molecule has 5 heteroatoms. The molecule has 0 fully saturated rings. The fourth-order valence-electron chi connectivity index (χ4n) is 2.08. The Hall–Kier alpha value is -1.62. The van der Waals surface area contributed by atoms with Crippen LogP contribution in [0.15, 0.2) is 23.0 Å². The molecule has 2 rings (SSSR count). The number of hydrogen-bond acceptors (Lipinski definition) is 4. The molecule has 1 unspecified atom stereocenters. The Morgan fingerprint density at radius 2 is 2.28 bits per heavy atom. The number of nitrogens with zero attached hydrogens (tertiary/aromatic N) is 3. The second-order valence-electron chi connectivity index (χ2n) is 4.37. The van der Waals surface area contributed by atoms with Crippen molar-refractivity contribution in [1.82, 2.24) is 20.0 Å². The summed E-state index contributed by atoms with van der Waals surface area (Å²) >= 11 is 0. The Kier molecular flexibility index (Phi) is 4.15. The Morgan fingerprint density at radius 1 is 1.44 bits per heavy atom. The second-order valence-corrected chi connectivity index (χ2v) is 4.37. The number of aryl methyl sites for hydroxylation is 1. The molecule has 2 aromatic heterocycles. The van der Waals surface area contributed by atoms with Gasteiger partial charge in [-0.1, -0.05) is 19.0 Å². The summed E-state index contributed by atoms with van der Waals surface area (Å²) in [6, 6.07) is 2.56. The molecule has 18 heavy (non-hydrogen) atoms. The lowest BCUT2D eigenvalue weighted by Crippen LogP contribution is -2.19. The molecule has 98 valence electrons. The molecule has 0 spiro atoms. The molecule has 1 atom stereocenters. The summed E-state index contributed by atoms with van der Waals surface area (Å²) in [6.07, 6.45) is 5.28. The summed E-state index contributed by atoms with van der Waals surface area (Å²) in [6.45, 7) is 7.75. The van der Waals surface area contributed by atoms with Crippen molar-refractivity contribution in [3.8, 4) is 0 Å². The summed E-state index contributed by atoms with van der Waals surface area (Å²) in [5.74, 6) is 1.32. The molecule has 2 aromatic rings. The van der Waals surface area contributed by atoms with Crippen molar-refractivity contribution in [2.45, 2.75) is 39.8 Å². The van der Waals surface area contributed by atoms with Crippen molar-refractivity contribution < 1.29 is 4.52 Å². The van der Waals surface area contributed by atoms with Crippen LogP contribution in [0, 0.1) is 6.92 Å². The summed E-state index contributed by atoms with van der Waals surface area (Å²) in [5, 5.41) is 7.37. The maximum atomic E-state index is 4.96. The van der Waals surface area contributed by atoms with Gasteiger partial charge < -0.3 is 14.4 Å². The maximum Gasteiger partial charge on any atom is 0.223 e. The molecule has 0 saturated heterocycles. The van der Waals surface area contributed by atoms with Gasteiger partial charge in [0.1, 0.15) is 0 Å². The summed E-state index contributed by atoms with van der Waals surface area (Å²) in [4.78, 5) is 4.20. The number of rotatable bonds is 6. The summed E-state index contributed by atoms with van der Waals surface area (Å²) in [5.41, 5.74) is 1.31. The van der Waals surface area contributed by atoms with Crippen LogP contribution < -0.4 is 5.32 Å². The van der Waals surface area contributed by atoms with Gasteiger partial charge in [0.15, 0.2) is 5.82 Å². The van der Waals surface area contributed by atoms with E-state index in [0.29, 0.717) is 24.3 Å². The minimum absolute atomic E-state index is 0.420. The molecule has 0 aliphatic heterocycles. The molecule has 0 saturated carbocycles. The first-order chi connectivity index (χ1) is 8.72. The van der Waals surface area contributed by atoms with E-state index in [4.69, 9.17) is 4.52 Å². The van der Waals surface area contributed by atoms with E-state index in [1.54, 1.807) is 6.92 Å². The quantitative estimate of drug-likeness (QED) is 0.852. The van der Waals surface area contributed by atoms with Gasteiger partial charge in [0.2, 0.25) is 5.89 Å². The Bertz CT molecular complexity index is 489. The van der Waals surface area contributed by atoms with Gasteiger partial charge >= 0.3 is 0 Å². The highest BCUT2D eigenvalue weighted by Crippen LogP contribution is 2.17. The lowest BCUT2D eigenvalue weighted by Gasteiger charge is -2.13. The van der Waals surface area contributed by atoms with Crippen molar-refractivity contribution in [2.75, 3.05) is 6.54 Å². The minimum Gasteiger partial charge on any atom is -0.346 e. The zero-order chi connectivity index (χ0) is 13.0. The SMILES string of the molecule is CCNC(CC)c1ccn(Cc2noc(C)n2)c1. The fourth-order valence-corrected chi connectivity index (χ4v) is 2.08. The van der Waals surface area contributed by atoms with Crippen LogP contribution in [0.5, 0.6) is 0 Å². The second kappa shape index (κ2) is 5.82. The average molecular weight is 248 g/mol. The lowest BCUT2D eigenvalue weighted by atomic mass is 10.1. The van der Waals surface area contributed by atoms with Crippen LogP contribution in [0.4, 0.5) is 0 Å². The number of nitrogens with one attached hydrogen (secondary N) is 1. The van der Waals surface area contributed by atoms with E-state index in [0.717, 1.165) is 13.0 Å². The monoisotopic (exact) mass is 248 g/mol. The van der Waals surface area contributed by atoms with Gasteiger partial charge in [0.25, 0.3) is 0 Å². The topological polar surface area (TPSA) is 55.9 Å². The van der Waals surface area contributed by atoms with Crippen molar-refractivity contribution in [3.63, 3.8) is 0 Å². The highest BCUT2D eigenvalue weighted by molar-refractivity contribution is 5.15. The largest absolute Gasteiger partial charge is 0.346 e. The molecular weight excluding hydrogens is 228 g/mol. The molecule has 0 aliphatic carbocycles. The Balaban J connectivity index is 2.05. The first-order valence-electron chi connectivity index (χ1n) is 6.41. The molecular formula is C13H20N4O. The zero-order valence-corrected chi connectivity index (χ0v) is 11.2. The van der Waals surface area contributed by atoms with Crippen molar-refractivity contribution >= 4 is 0 Å². The molecule has 0 radical (unpaired) electrons. The van der Waals surface area contributed by atoms with E-state index in [-0.39, 0.29) is 0 Å². The number of aromatic nitrogens is 3. The van der Waals surface area contributed by atoms with Crippen LogP contribution in [-0.2, 0) is 6.54 Å².